The van der Waals surface area contributed by atoms with Crippen LogP contribution in [0.2, 0.25) is 0 Å². The summed E-state index contributed by atoms with van der Waals surface area (Å²) >= 11 is 0. The average molecular weight is 353 g/mol. The van der Waals surface area contributed by atoms with Gasteiger partial charge in [-0.2, -0.15) is 4.98 Å². The third kappa shape index (κ3) is 4.77. The molecule has 1 fully saturated rings. The molecule has 3 rings (SSSR count). The summed E-state index contributed by atoms with van der Waals surface area (Å²) in [5, 5.41) is 10.1. The van der Waals surface area contributed by atoms with E-state index in [1.807, 2.05) is 37.3 Å². The first-order chi connectivity index (χ1) is 11.2. The quantitative estimate of drug-likeness (QED) is 0.851. The summed E-state index contributed by atoms with van der Waals surface area (Å²) in [4.78, 5) is 16.4. The Labute approximate surface area is 146 Å². The normalized spacial score (nSPS) is 18.5. The van der Waals surface area contributed by atoms with Gasteiger partial charge < -0.3 is 19.9 Å². The number of carbonyl (C=O) groups is 1. The van der Waals surface area contributed by atoms with Crippen LogP contribution in [0.25, 0.3) is 11.5 Å². The maximum atomic E-state index is 12.1. The van der Waals surface area contributed by atoms with Crippen molar-refractivity contribution in [3.8, 4) is 11.5 Å². The second-order valence-electron chi connectivity index (χ2n) is 5.54. The van der Waals surface area contributed by atoms with Crippen molar-refractivity contribution in [1.82, 2.24) is 20.8 Å². The highest BCUT2D eigenvalue weighted by atomic mass is 35.5. The third-order valence-corrected chi connectivity index (χ3v) is 3.66. The number of rotatable bonds is 5. The Kier molecular flexibility index (Phi) is 6.72. The Bertz CT molecular complexity index is 644. The average Bonchev–Trinajstić information content (AvgIpc) is 3.06. The van der Waals surface area contributed by atoms with Gasteiger partial charge in [-0.3, -0.25) is 4.79 Å². The highest BCUT2D eigenvalue weighted by molar-refractivity contribution is 5.85. The lowest BCUT2D eigenvalue weighted by Gasteiger charge is -2.23. The molecule has 130 valence electrons. The fourth-order valence-corrected chi connectivity index (χ4v) is 2.45. The molecule has 2 unspecified atom stereocenters. The summed E-state index contributed by atoms with van der Waals surface area (Å²) in [6, 6.07) is 9.28. The molecule has 1 aromatic heterocycles. The van der Waals surface area contributed by atoms with Gasteiger partial charge in [-0.25, -0.2) is 0 Å². The van der Waals surface area contributed by atoms with Crippen molar-refractivity contribution in [3.63, 3.8) is 0 Å². The van der Waals surface area contributed by atoms with Gasteiger partial charge in [-0.05, 0) is 19.1 Å². The predicted molar refractivity (Wildman–Crippen MR) is 90.8 cm³/mol. The zero-order chi connectivity index (χ0) is 16.1. The van der Waals surface area contributed by atoms with Crippen molar-refractivity contribution in [2.45, 2.75) is 25.4 Å². The van der Waals surface area contributed by atoms with Crippen LogP contribution < -0.4 is 10.6 Å². The maximum absolute atomic E-state index is 12.1. The number of hydrogen-bond acceptors (Lipinski definition) is 6. The predicted octanol–water partition coefficient (Wildman–Crippen LogP) is 1.71. The summed E-state index contributed by atoms with van der Waals surface area (Å²) in [5.74, 6) is 0.848. The van der Waals surface area contributed by atoms with Crippen molar-refractivity contribution in [3.05, 3.63) is 36.2 Å². The number of benzene rings is 1. The van der Waals surface area contributed by atoms with Crippen molar-refractivity contribution in [1.29, 1.82) is 0 Å². The lowest BCUT2D eigenvalue weighted by atomic mass is 10.2. The van der Waals surface area contributed by atoms with Crippen LogP contribution in [0.15, 0.2) is 34.9 Å². The number of morpholine rings is 1. The molecule has 2 aromatic rings. The van der Waals surface area contributed by atoms with E-state index in [1.165, 1.54) is 0 Å². The van der Waals surface area contributed by atoms with Gasteiger partial charge >= 0.3 is 0 Å². The maximum Gasteiger partial charge on any atom is 0.257 e. The van der Waals surface area contributed by atoms with Crippen LogP contribution in [-0.4, -0.2) is 41.8 Å². The SMILES string of the molecule is CC(NC(=O)CC1COCCN1)c1noc(-c2ccccc2)n1.Cl. The molecule has 1 saturated heterocycles. The first-order valence-corrected chi connectivity index (χ1v) is 7.72. The largest absolute Gasteiger partial charge is 0.378 e. The summed E-state index contributed by atoms with van der Waals surface area (Å²) in [7, 11) is 0. The second kappa shape index (κ2) is 8.77. The van der Waals surface area contributed by atoms with Crippen molar-refractivity contribution < 1.29 is 14.1 Å². The highest BCUT2D eigenvalue weighted by Crippen LogP contribution is 2.18. The van der Waals surface area contributed by atoms with Gasteiger partial charge in [0.05, 0.1) is 19.3 Å². The molecule has 24 heavy (non-hydrogen) atoms. The minimum Gasteiger partial charge on any atom is -0.378 e. The van der Waals surface area contributed by atoms with Gasteiger partial charge in [0.2, 0.25) is 5.91 Å². The van der Waals surface area contributed by atoms with Crippen LogP contribution in [0.5, 0.6) is 0 Å². The van der Waals surface area contributed by atoms with Crippen LogP contribution in [0.1, 0.15) is 25.2 Å². The molecule has 0 radical (unpaired) electrons. The number of nitrogens with one attached hydrogen (secondary N) is 2. The van der Waals surface area contributed by atoms with E-state index >= 15 is 0 Å². The standard InChI is InChI=1S/C16H20N4O3.ClH/c1-11(18-14(21)9-13-10-22-8-7-17-13)15-19-16(23-20-15)12-5-3-2-4-6-12;/h2-6,11,13,17H,7-10H2,1H3,(H,18,21);1H. The Morgan fingerprint density at radius 1 is 1.42 bits per heavy atom. The molecule has 0 aliphatic carbocycles. The molecule has 1 aliphatic rings. The first kappa shape index (κ1) is 18.4. The van der Waals surface area contributed by atoms with Crippen molar-refractivity contribution in [2.24, 2.45) is 0 Å². The molecule has 1 aliphatic heterocycles. The van der Waals surface area contributed by atoms with Gasteiger partial charge in [-0.1, -0.05) is 23.4 Å². The molecule has 0 bridgehead atoms. The number of aromatic nitrogens is 2. The lowest BCUT2D eigenvalue weighted by Crippen LogP contribution is -2.44. The second-order valence-corrected chi connectivity index (χ2v) is 5.54. The Morgan fingerprint density at radius 2 is 2.21 bits per heavy atom. The molecule has 2 N–H and O–H groups in total. The topological polar surface area (TPSA) is 89.3 Å². The van der Waals surface area contributed by atoms with E-state index in [9.17, 15) is 4.79 Å². The molecule has 0 spiro atoms. The summed E-state index contributed by atoms with van der Waals surface area (Å²) in [6.07, 6.45) is 0.369. The fourth-order valence-electron chi connectivity index (χ4n) is 2.45. The van der Waals surface area contributed by atoms with E-state index in [0.717, 1.165) is 12.1 Å². The van der Waals surface area contributed by atoms with E-state index in [1.54, 1.807) is 0 Å². The van der Waals surface area contributed by atoms with E-state index < -0.39 is 0 Å². The van der Waals surface area contributed by atoms with E-state index in [4.69, 9.17) is 9.26 Å². The van der Waals surface area contributed by atoms with Gasteiger partial charge in [0.1, 0.15) is 0 Å². The molecule has 0 saturated carbocycles. The molecule has 2 atom stereocenters. The van der Waals surface area contributed by atoms with Crippen LogP contribution >= 0.6 is 12.4 Å². The van der Waals surface area contributed by atoms with Crippen LogP contribution in [0.4, 0.5) is 0 Å². The zero-order valence-electron chi connectivity index (χ0n) is 13.4. The summed E-state index contributed by atoms with van der Waals surface area (Å²) < 4.78 is 10.6. The Morgan fingerprint density at radius 3 is 2.92 bits per heavy atom. The molecule has 7 nitrogen and oxygen atoms in total. The van der Waals surface area contributed by atoms with Crippen LogP contribution in [0, 0.1) is 0 Å². The van der Waals surface area contributed by atoms with Crippen LogP contribution in [-0.2, 0) is 9.53 Å². The molecule has 1 amide bonds. The van der Waals surface area contributed by atoms with Crippen LogP contribution in [0.3, 0.4) is 0 Å². The smallest absolute Gasteiger partial charge is 0.257 e. The number of carbonyl (C=O) groups excluding carboxylic acids is 1. The molecule has 8 heteroatoms. The highest BCUT2D eigenvalue weighted by Gasteiger charge is 2.20. The Hall–Kier alpha value is -1.96. The molecule has 1 aromatic carbocycles. The van der Waals surface area contributed by atoms with E-state index in [-0.39, 0.29) is 30.4 Å². The lowest BCUT2D eigenvalue weighted by molar-refractivity contribution is -0.123. The number of hydrogen-bond donors (Lipinski definition) is 2. The van der Waals surface area contributed by atoms with Crippen molar-refractivity contribution in [2.75, 3.05) is 19.8 Å². The first-order valence-electron chi connectivity index (χ1n) is 7.72. The molecular weight excluding hydrogens is 332 g/mol. The number of nitrogens with zero attached hydrogens (tertiary/aromatic N) is 2. The number of halogens is 1. The molecule has 2 heterocycles. The molecular formula is C16H21ClN4O3. The Balaban J connectivity index is 0.00000208. The minimum absolute atomic E-state index is 0. The monoisotopic (exact) mass is 352 g/mol. The van der Waals surface area contributed by atoms with Gasteiger partial charge in [0.15, 0.2) is 5.82 Å². The fraction of sp³-hybridized carbons (Fsp3) is 0.438. The summed E-state index contributed by atoms with van der Waals surface area (Å²) in [6.45, 7) is 3.86. The number of ether oxygens (including phenoxy) is 1. The van der Waals surface area contributed by atoms with E-state index in [2.05, 4.69) is 20.8 Å². The third-order valence-electron chi connectivity index (χ3n) is 3.66. The summed E-state index contributed by atoms with van der Waals surface area (Å²) in [5.41, 5.74) is 0.855. The minimum atomic E-state index is -0.312. The zero-order valence-corrected chi connectivity index (χ0v) is 14.2. The van der Waals surface area contributed by atoms with Crippen molar-refractivity contribution >= 4 is 18.3 Å². The van der Waals surface area contributed by atoms with Gasteiger partial charge in [0.25, 0.3) is 5.89 Å². The number of amides is 1. The van der Waals surface area contributed by atoms with Gasteiger partial charge in [-0.15, -0.1) is 12.4 Å². The van der Waals surface area contributed by atoms with Gasteiger partial charge in [0, 0.05) is 24.6 Å². The van der Waals surface area contributed by atoms with E-state index in [0.29, 0.717) is 31.3 Å².